The number of carbonyl (C=O) groups is 1. The van der Waals surface area contributed by atoms with Gasteiger partial charge in [-0.05, 0) is 94.1 Å². The number of nitrogens with one attached hydrogen (secondary N) is 1. The Morgan fingerprint density at radius 1 is 1.00 bits per heavy atom. The van der Waals surface area contributed by atoms with E-state index in [1.807, 2.05) is 39.8 Å². The summed E-state index contributed by atoms with van der Waals surface area (Å²) in [5.74, 6) is 0.969. The normalized spacial score (nSPS) is 17.0. The Hall–Kier alpha value is -3.76. The molecule has 0 bridgehead atoms. The molecule has 5 rings (SSSR count). The fourth-order valence-electron chi connectivity index (χ4n) is 6.04. The van der Waals surface area contributed by atoms with Crippen LogP contribution < -0.4 is 15.0 Å². The van der Waals surface area contributed by atoms with E-state index < -0.39 is 27.2 Å². The highest BCUT2D eigenvalue weighted by Crippen LogP contribution is 2.43. The van der Waals surface area contributed by atoms with E-state index in [1.165, 1.54) is 12.1 Å². The highest BCUT2D eigenvalue weighted by molar-refractivity contribution is 7.91. The first-order chi connectivity index (χ1) is 20.9. The molecule has 2 heterocycles. The van der Waals surface area contributed by atoms with E-state index in [1.54, 1.807) is 42.2 Å². The summed E-state index contributed by atoms with van der Waals surface area (Å²) in [6.07, 6.45) is 1.29. The summed E-state index contributed by atoms with van der Waals surface area (Å²) < 4.78 is 45.6. The van der Waals surface area contributed by atoms with Gasteiger partial charge in [-0.15, -0.1) is 0 Å². The molecule has 0 atom stereocenters. The average Bonchev–Trinajstić information content (AvgIpc) is 3.23. The van der Waals surface area contributed by atoms with Crippen molar-refractivity contribution < 1.29 is 22.3 Å². The molecule has 1 fully saturated rings. The van der Waals surface area contributed by atoms with E-state index in [9.17, 15) is 17.6 Å². The van der Waals surface area contributed by atoms with E-state index in [2.05, 4.69) is 27.3 Å². The van der Waals surface area contributed by atoms with Gasteiger partial charge in [0.25, 0.3) is 0 Å². The third-order valence-corrected chi connectivity index (χ3v) is 9.91. The van der Waals surface area contributed by atoms with Crippen molar-refractivity contribution >= 4 is 27.4 Å². The van der Waals surface area contributed by atoms with Gasteiger partial charge in [-0.3, -0.25) is 9.80 Å². The second-order valence-corrected chi connectivity index (χ2v) is 14.4. The minimum atomic E-state index is -3.38. The van der Waals surface area contributed by atoms with Crippen LogP contribution in [0.1, 0.15) is 53.0 Å². The van der Waals surface area contributed by atoms with Gasteiger partial charge in [0.2, 0.25) is 0 Å². The van der Waals surface area contributed by atoms with Crippen LogP contribution in [0.25, 0.3) is 11.1 Å². The molecule has 1 saturated heterocycles. The molecule has 3 aromatic rings. The van der Waals surface area contributed by atoms with Crippen LogP contribution in [0.15, 0.2) is 76.6 Å². The topological polar surface area (TPSA) is 91.3 Å². The lowest BCUT2D eigenvalue weighted by molar-refractivity contribution is 0.181. The van der Waals surface area contributed by atoms with Crippen molar-refractivity contribution in [2.24, 2.45) is 4.99 Å². The lowest BCUT2D eigenvalue weighted by atomic mass is 9.83. The summed E-state index contributed by atoms with van der Waals surface area (Å²) in [7, 11) is -3.38. The van der Waals surface area contributed by atoms with Crippen LogP contribution in [0.5, 0.6) is 5.75 Å². The first kappa shape index (κ1) is 31.7. The molecule has 0 aliphatic carbocycles. The zero-order valence-corrected chi connectivity index (χ0v) is 26.8. The maximum atomic E-state index is 14.9. The summed E-state index contributed by atoms with van der Waals surface area (Å²) in [6, 6.07) is 18.6. The van der Waals surface area contributed by atoms with Crippen LogP contribution in [-0.2, 0) is 16.4 Å². The van der Waals surface area contributed by atoms with Crippen molar-refractivity contribution in [3.8, 4) is 16.9 Å². The standard InChI is InChI=1S/C34H41FN4O4S/c1-6-44(41,42)29-13-10-26(11-14-29)30-15-12-27(35)21-31(30)39-33(40)37-32(36-23(2)3)34(39)16-18-38(19-17-34)22-25-8-7-9-28(20-25)43-24(4)5/h7-15,20-21,23-24H,6,16-19,22H2,1-5H3,(H,36,37,40). The quantitative estimate of drug-likeness (QED) is 0.296. The highest BCUT2D eigenvalue weighted by Gasteiger charge is 2.52. The Labute approximate surface area is 259 Å². The molecule has 0 radical (unpaired) electrons. The number of likely N-dealkylation sites (tertiary alicyclic amines) is 1. The van der Waals surface area contributed by atoms with Crippen LogP contribution in [-0.4, -0.2) is 61.7 Å². The average molecular weight is 621 g/mol. The number of ether oxygens (including phenoxy) is 1. The number of urea groups is 1. The highest BCUT2D eigenvalue weighted by atomic mass is 32.2. The Morgan fingerprint density at radius 2 is 1.70 bits per heavy atom. The van der Waals surface area contributed by atoms with Gasteiger partial charge in [0.15, 0.2) is 9.84 Å². The van der Waals surface area contributed by atoms with Gasteiger partial charge in [0.1, 0.15) is 22.9 Å². The molecule has 2 aliphatic rings. The van der Waals surface area contributed by atoms with Crippen molar-refractivity contribution in [2.45, 2.75) is 76.6 Å². The summed E-state index contributed by atoms with van der Waals surface area (Å²) in [5, 5.41) is 3.42. The molecule has 0 unspecified atom stereocenters. The van der Waals surface area contributed by atoms with Gasteiger partial charge in [0.05, 0.1) is 22.4 Å². The molecule has 3 aromatic carbocycles. The van der Waals surface area contributed by atoms with Crippen molar-refractivity contribution in [2.75, 3.05) is 23.7 Å². The summed E-state index contributed by atoms with van der Waals surface area (Å²) in [4.78, 5) is 22.4. The molecular formula is C34H41FN4O4S. The number of sulfone groups is 1. The first-order valence-corrected chi connectivity index (χ1v) is 16.9. The van der Waals surface area contributed by atoms with Gasteiger partial charge in [0, 0.05) is 31.2 Å². The Morgan fingerprint density at radius 3 is 2.34 bits per heavy atom. The van der Waals surface area contributed by atoms with E-state index in [-0.39, 0.29) is 22.8 Å². The number of benzene rings is 3. The van der Waals surface area contributed by atoms with Crippen LogP contribution in [0.2, 0.25) is 0 Å². The van der Waals surface area contributed by atoms with E-state index >= 15 is 0 Å². The zero-order valence-electron chi connectivity index (χ0n) is 26.0. The molecule has 0 saturated carbocycles. The largest absolute Gasteiger partial charge is 0.491 e. The number of nitrogens with zero attached hydrogens (tertiary/aromatic N) is 3. The van der Waals surface area contributed by atoms with E-state index in [0.717, 1.165) is 17.9 Å². The number of halogens is 1. The fourth-order valence-corrected chi connectivity index (χ4v) is 6.93. The Kier molecular flexibility index (Phi) is 9.13. The number of amides is 2. The zero-order chi connectivity index (χ0) is 31.6. The molecule has 2 amide bonds. The second kappa shape index (κ2) is 12.7. The molecule has 44 heavy (non-hydrogen) atoms. The lowest BCUT2D eigenvalue weighted by Gasteiger charge is -2.45. The summed E-state index contributed by atoms with van der Waals surface area (Å²) >= 11 is 0. The molecule has 10 heteroatoms. The molecule has 8 nitrogen and oxygen atoms in total. The monoisotopic (exact) mass is 620 g/mol. The van der Waals surface area contributed by atoms with Crippen LogP contribution >= 0.6 is 0 Å². The van der Waals surface area contributed by atoms with Gasteiger partial charge in [-0.1, -0.05) is 31.2 Å². The molecule has 1 N–H and O–H groups in total. The fraction of sp³-hybridized carbons (Fsp3) is 0.412. The van der Waals surface area contributed by atoms with Crippen molar-refractivity contribution in [3.63, 3.8) is 0 Å². The molecule has 234 valence electrons. The Balaban J connectivity index is 1.47. The second-order valence-electron chi connectivity index (χ2n) is 12.1. The smallest absolute Gasteiger partial charge is 0.350 e. The van der Waals surface area contributed by atoms with Gasteiger partial charge in [-0.25, -0.2) is 17.6 Å². The van der Waals surface area contributed by atoms with Gasteiger partial charge >= 0.3 is 6.03 Å². The van der Waals surface area contributed by atoms with E-state index in [4.69, 9.17) is 4.74 Å². The number of rotatable bonds is 9. The van der Waals surface area contributed by atoms with Crippen LogP contribution in [0.3, 0.4) is 0 Å². The maximum Gasteiger partial charge on any atom is 0.350 e. The minimum absolute atomic E-state index is 0.00388. The number of carbonyl (C=O) groups excluding carboxylic acids is 1. The number of hydrogen-bond acceptors (Lipinski definition) is 6. The molecular weight excluding hydrogens is 579 g/mol. The number of piperidine rings is 1. The minimum Gasteiger partial charge on any atom is -0.491 e. The third-order valence-electron chi connectivity index (χ3n) is 8.16. The third kappa shape index (κ3) is 6.51. The van der Waals surface area contributed by atoms with Crippen LogP contribution in [0, 0.1) is 5.82 Å². The molecule has 1 spiro atoms. The van der Waals surface area contributed by atoms with Crippen molar-refractivity contribution in [1.29, 1.82) is 0 Å². The van der Waals surface area contributed by atoms with Crippen molar-refractivity contribution in [1.82, 2.24) is 10.2 Å². The van der Waals surface area contributed by atoms with E-state index in [0.29, 0.717) is 48.6 Å². The molecule has 2 aliphatic heterocycles. The number of anilines is 1. The predicted octanol–water partition coefficient (Wildman–Crippen LogP) is 6.44. The Bertz CT molecular complexity index is 1650. The summed E-state index contributed by atoms with van der Waals surface area (Å²) in [5.41, 5.74) is 2.09. The SMILES string of the molecule is CCS(=O)(=O)c1ccc(-c2ccc(F)cc2N2C(=O)N=C(NC(C)C)C23CCN(Cc2cccc(OC(C)C)c2)CC3)cc1. The number of aliphatic imine (C=N–C) groups is 1. The number of hydrogen-bond donors (Lipinski definition) is 1. The van der Waals surface area contributed by atoms with Crippen molar-refractivity contribution in [3.05, 3.63) is 78.1 Å². The van der Waals surface area contributed by atoms with Crippen LogP contribution in [0.4, 0.5) is 14.9 Å². The first-order valence-electron chi connectivity index (χ1n) is 15.2. The van der Waals surface area contributed by atoms with Gasteiger partial charge < -0.3 is 10.1 Å². The predicted molar refractivity (Wildman–Crippen MR) is 173 cm³/mol. The lowest BCUT2D eigenvalue weighted by Crippen LogP contribution is -2.61. The van der Waals surface area contributed by atoms with Gasteiger partial charge in [-0.2, -0.15) is 4.99 Å². The summed E-state index contributed by atoms with van der Waals surface area (Å²) in [6.45, 7) is 11.8. The molecule has 0 aromatic heterocycles. The maximum absolute atomic E-state index is 14.9. The number of amidine groups is 1.